The molecule has 318 valence electrons. The van der Waals surface area contributed by atoms with Crippen LogP contribution < -0.4 is 26.6 Å². The molecule has 2 aromatic carbocycles. The summed E-state index contributed by atoms with van der Waals surface area (Å²) in [5, 5.41) is 18.7. The van der Waals surface area contributed by atoms with Crippen LogP contribution in [-0.4, -0.2) is 106 Å². The third-order valence-electron chi connectivity index (χ3n) is 12.5. The number of primary amides is 1. The molecule has 6 N–H and O–H groups in total. The van der Waals surface area contributed by atoms with E-state index in [9.17, 15) is 38.7 Å². The largest absolute Gasteiger partial charge is 0.394 e. The van der Waals surface area contributed by atoms with E-state index in [1.165, 1.54) is 23.8 Å². The predicted octanol–water partition coefficient (Wildman–Crippen LogP) is 1.64. The van der Waals surface area contributed by atoms with Gasteiger partial charge >= 0.3 is 0 Å². The molecule has 1 fully saturated rings. The monoisotopic (exact) mass is 813 g/mol. The lowest BCUT2D eigenvalue weighted by molar-refractivity contribution is -0.145. The Balaban J connectivity index is 1.23. The van der Waals surface area contributed by atoms with Crippen LogP contribution in [0.2, 0.25) is 0 Å². The number of hydrogen-bond acceptors (Lipinski definition) is 8. The molecule has 0 spiro atoms. The van der Waals surface area contributed by atoms with Crippen LogP contribution >= 0.6 is 0 Å². The van der Waals surface area contributed by atoms with Crippen LogP contribution in [0.1, 0.15) is 94.4 Å². The summed E-state index contributed by atoms with van der Waals surface area (Å²) in [7, 11) is 1.40. The number of aliphatic hydroxyl groups is 1. The lowest BCUT2D eigenvalue weighted by atomic mass is 9.84. The number of nitrogens with two attached hydrogens (primary N) is 1. The molecule has 15 nitrogen and oxygen atoms in total. The second-order valence-corrected chi connectivity index (χ2v) is 17.1. The van der Waals surface area contributed by atoms with Gasteiger partial charge < -0.3 is 36.6 Å². The highest BCUT2D eigenvalue weighted by molar-refractivity contribution is 6.08. The van der Waals surface area contributed by atoms with Gasteiger partial charge in [-0.2, -0.15) is 0 Å². The average molecular weight is 814 g/mol. The molecule has 6 rings (SSSR count). The van der Waals surface area contributed by atoms with E-state index in [2.05, 4.69) is 16.0 Å². The molecule has 0 saturated heterocycles. The highest BCUT2D eigenvalue weighted by Crippen LogP contribution is 2.39. The van der Waals surface area contributed by atoms with Crippen LogP contribution in [0, 0.1) is 11.8 Å². The SMILES string of the molecule is CC(=O)N[C@@H](CC1CCCCC1)C(=O)N1Cc2ccccc2C[C@@H]1C(=O)NC1CCc2cccc3c2N(C1=O)C(C(=O)N[C@@H](CO)C(=O)N(C)[C@@H](CC(C)C)C(N)=O)C3. The molecule has 6 atom stereocenters. The number of para-hydroxylation sites is 1. The molecule has 4 aliphatic rings. The van der Waals surface area contributed by atoms with Crippen molar-refractivity contribution in [3.63, 3.8) is 0 Å². The molecule has 7 amide bonds. The van der Waals surface area contributed by atoms with Crippen molar-refractivity contribution in [1.82, 2.24) is 25.8 Å². The number of carbonyl (C=O) groups excluding carboxylic acids is 7. The molecule has 1 saturated carbocycles. The second-order valence-electron chi connectivity index (χ2n) is 17.1. The molecule has 0 aromatic heterocycles. The minimum absolute atomic E-state index is 0.0305. The number of likely N-dealkylation sites (N-methyl/N-ethyl adjacent to an activating group) is 1. The zero-order valence-corrected chi connectivity index (χ0v) is 34.6. The fraction of sp³-hybridized carbons (Fsp3) is 0.568. The first-order valence-electron chi connectivity index (χ1n) is 21.0. The summed E-state index contributed by atoms with van der Waals surface area (Å²) in [5.74, 6) is -3.50. The maximum atomic E-state index is 14.7. The van der Waals surface area contributed by atoms with Crippen molar-refractivity contribution in [2.75, 3.05) is 18.6 Å². The Morgan fingerprint density at radius 3 is 2.17 bits per heavy atom. The van der Waals surface area contributed by atoms with Crippen LogP contribution in [0.4, 0.5) is 5.69 Å². The Labute approximate surface area is 345 Å². The summed E-state index contributed by atoms with van der Waals surface area (Å²) in [6.07, 6.45) is 6.99. The summed E-state index contributed by atoms with van der Waals surface area (Å²) in [5.41, 5.74) is 9.57. The van der Waals surface area contributed by atoms with E-state index >= 15 is 0 Å². The van der Waals surface area contributed by atoms with Gasteiger partial charge in [0.05, 0.1) is 12.3 Å². The Morgan fingerprint density at radius 2 is 1.51 bits per heavy atom. The summed E-state index contributed by atoms with van der Waals surface area (Å²) in [4.78, 5) is 100. The van der Waals surface area contributed by atoms with Gasteiger partial charge in [0.2, 0.25) is 41.4 Å². The van der Waals surface area contributed by atoms with E-state index in [1.807, 2.05) is 56.3 Å². The quantitative estimate of drug-likeness (QED) is 0.189. The number of aryl methyl sites for hydroxylation is 1. The molecule has 2 aromatic rings. The number of carbonyl (C=O) groups is 7. The smallest absolute Gasteiger partial charge is 0.250 e. The second kappa shape index (κ2) is 18.7. The summed E-state index contributed by atoms with van der Waals surface area (Å²) >= 11 is 0. The summed E-state index contributed by atoms with van der Waals surface area (Å²) < 4.78 is 0. The van der Waals surface area contributed by atoms with Crippen LogP contribution in [-0.2, 0) is 59.4 Å². The topological polar surface area (TPSA) is 212 Å². The number of amides is 7. The van der Waals surface area contributed by atoms with Gasteiger partial charge in [-0.3, -0.25) is 38.5 Å². The number of benzene rings is 2. The highest BCUT2D eigenvalue weighted by Gasteiger charge is 2.46. The van der Waals surface area contributed by atoms with E-state index in [0.717, 1.165) is 59.3 Å². The third kappa shape index (κ3) is 9.61. The lowest BCUT2D eigenvalue weighted by Gasteiger charge is -2.39. The van der Waals surface area contributed by atoms with Gasteiger partial charge in [0.25, 0.3) is 0 Å². The molecule has 3 heterocycles. The van der Waals surface area contributed by atoms with Gasteiger partial charge in [-0.25, -0.2) is 0 Å². The van der Waals surface area contributed by atoms with Crippen molar-refractivity contribution < 1.29 is 38.7 Å². The number of fused-ring (bicyclic) bond motifs is 1. The molecule has 59 heavy (non-hydrogen) atoms. The van der Waals surface area contributed by atoms with E-state index in [1.54, 1.807) is 0 Å². The van der Waals surface area contributed by atoms with Gasteiger partial charge in [-0.1, -0.05) is 88.4 Å². The first kappa shape index (κ1) is 43.3. The Hall–Kier alpha value is -5.31. The fourth-order valence-electron chi connectivity index (χ4n) is 9.42. The highest BCUT2D eigenvalue weighted by atomic mass is 16.3. The van der Waals surface area contributed by atoms with Crippen LogP contribution in [0.25, 0.3) is 0 Å². The first-order chi connectivity index (χ1) is 28.2. The van der Waals surface area contributed by atoms with Crippen LogP contribution in [0.15, 0.2) is 42.5 Å². The molecule has 0 radical (unpaired) electrons. The Kier molecular flexibility index (Phi) is 13.7. The number of nitrogens with one attached hydrogen (secondary N) is 3. The normalized spacial score (nSPS) is 21.7. The standard InChI is InChI=1S/C44H59N7O8/c1-25(2)19-35(39(45)54)49(4)42(57)34(24-52)48-41(56)37-22-30-16-10-15-28-17-18-32(44(59)51(37)38(28)30)47-40(55)36-21-29-13-8-9-14-31(29)23-50(36)43(58)33(46-26(3)53)20-27-11-6-5-7-12-27/h8-10,13-16,25,27,32-37,52H,5-7,11-12,17-24H2,1-4H3,(H2,45,54)(H,46,53)(H,47,55)(H,48,56)/t32?,33-,34-,35-,36+,37?/m0/s1. The maximum Gasteiger partial charge on any atom is 0.250 e. The van der Waals surface area contributed by atoms with Crippen molar-refractivity contribution in [2.24, 2.45) is 17.6 Å². The molecule has 2 unspecified atom stereocenters. The van der Waals surface area contributed by atoms with Crippen molar-refractivity contribution in [2.45, 2.75) is 134 Å². The van der Waals surface area contributed by atoms with Crippen LogP contribution in [0.3, 0.4) is 0 Å². The van der Waals surface area contributed by atoms with Crippen molar-refractivity contribution in [3.05, 3.63) is 64.7 Å². The molecule has 0 bridgehead atoms. The van der Waals surface area contributed by atoms with Crippen molar-refractivity contribution in [1.29, 1.82) is 0 Å². The van der Waals surface area contributed by atoms with E-state index < -0.39 is 72.4 Å². The molecular weight excluding hydrogens is 755 g/mol. The Bertz CT molecular complexity index is 1950. The van der Waals surface area contributed by atoms with E-state index in [4.69, 9.17) is 5.73 Å². The molecule has 15 heteroatoms. The zero-order valence-electron chi connectivity index (χ0n) is 34.6. The number of nitrogens with zero attached hydrogens (tertiary/aromatic N) is 3. The van der Waals surface area contributed by atoms with Gasteiger partial charge in [-0.15, -0.1) is 0 Å². The Morgan fingerprint density at radius 1 is 0.847 bits per heavy atom. The predicted molar refractivity (Wildman–Crippen MR) is 219 cm³/mol. The van der Waals surface area contributed by atoms with Crippen molar-refractivity contribution >= 4 is 47.0 Å². The molecule has 3 aliphatic heterocycles. The van der Waals surface area contributed by atoms with Gasteiger partial charge in [-0.05, 0) is 59.8 Å². The summed E-state index contributed by atoms with van der Waals surface area (Å²) in [6.45, 7) is 4.55. The lowest BCUT2D eigenvalue weighted by Crippen LogP contribution is -2.61. The van der Waals surface area contributed by atoms with Gasteiger partial charge in [0, 0.05) is 33.4 Å². The maximum absolute atomic E-state index is 14.7. The average Bonchev–Trinajstić information content (AvgIpc) is 3.56. The van der Waals surface area contributed by atoms with Crippen LogP contribution in [0.5, 0.6) is 0 Å². The van der Waals surface area contributed by atoms with Crippen molar-refractivity contribution in [3.8, 4) is 0 Å². The van der Waals surface area contributed by atoms with E-state index in [0.29, 0.717) is 18.5 Å². The fourth-order valence-corrected chi connectivity index (χ4v) is 9.42. The first-order valence-corrected chi connectivity index (χ1v) is 21.0. The molecular formula is C44H59N7O8. The van der Waals surface area contributed by atoms with Gasteiger partial charge in [0.1, 0.15) is 36.3 Å². The van der Waals surface area contributed by atoms with Gasteiger partial charge in [0.15, 0.2) is 0 Å². The minimum atomic E-state index is -1.42. The van der Waals surface area contributed by atoms with E-state index in [-0.39, 0.29) is 55.9 Å². The minimum Gasteiger partial charge on any atom is -0.394 e. The number of aliphatic hydroxyl groups excluding tert-OH is 1. The number of hydrogen-bond donors (Lipinski definition) is 5. The number of anilines is 1. The third-order valence-corrected chi connectivity index (χ3v) is 12.5. The number of rotatable bonds is 14. The summed E-state index contributed by atoms with van der Waals surface area (Å²) in [6, 6.07) is 6.85. The molecule has 1 aliphatic carbocycles. The zero-order chi connectivity index (χ0) is 42.5.